The maximum Gasteiger partial charge on any atom is 0.149 e. The van der Waals surface area contributed by atoms with Crippen LogP contribution in [0.1, 0.15) is 48.4 Å². The Morgan fingerprint density at radius 3 is 2.80 bits per heavy atom. The Bertz CT molecular complexity index is 602. The highest BCUT2D eigenvalue weighted by Gasteiger charge is 2.33. The predicted octanol–water partition coefficient (Wildman–Crippen LogP) is 3.87. The third kappa shape index (κ3) is 2.26. The van der Waals surface area contributed by atoms with E-state index >= 15 is 0 Å². The van der Waals surface area contributed by atoms with E-state index < -0.39 is 0 Å². The average molecular weight is 265 g/mol. The van der Waals surface area contributed by atoms with Crippen molar-refractivity contribution in [3.8, 4) is 0 Å². The summed E-state index contributed by atoms with van der Waals surface area (Å²) in [6.45, 7) is 2.09. The zero-order valence-corrected chi connectivity index (χ0v) is 11.8. The highest BCUT2D eigenvalue weighted by Crippen LogP contribution is 2.36. The van der Waals surface area contributed by atoms with Crippen LogP contribution in [0.5, 0.6) is 0 Å². The molecule has 2 atom stereocenters. The molecule has 0 fully saturated rings. The van der Waals surface area contributed by atoms with Crippen molar-refractivity contribution in [2.75, 3.05) is 0 Å². The number of Topliss-reactive ketones (excluding diaryl/α,β-unsaturated/α-hetero) is 1. The molecule has 2 heteroatoms. The molecule has 0 saturated carbocycles. The number of hydrogen-bond acceptors (Lipinski definition) is 2. The van der Waals surface area contributed by atoms with Crippen LogP contribution in [0.2, 0.25) is 0 Å². The van der Waals surface area contributed by atoms with Crippen LogP contribution in [-0.4, -0.2) is 10.8 Å². The number of hydrogen-bond donors (Lipinski definition) is 0. The van der Waals surface area contributed by atoms with Gasteiger partial charge in [-0.1, -0.05) is 43.3 Å². The van der Waals surface area contributed by atoms with Crippen LogP contribution in [0.25, 0.3) is 0 Å². The number of nitrogens with zero attached hydrogens (tertiary/aromatic N) is 1. The summed E-state index contributed by atoms with van der Waals surface area (Å²) in [4.78, 5) is 17.4. The normalized spacial score (nSPS) is 18.6. The van der Waals surface area contributed by atoms with Gasteiger partial charge in [-0.2, -0.15) is 0 Å². The number of benzene rings is 1. The molecular weight excluding hydrogens is 246 g/mol. The highest BCUT2D eigenvalue weighted by atomic mass is 16.1. The first-order valence-electron chi connectivity index (χ1n) is 7.33. The maximum atomic E-state index is 12.9. The lowest BCUT2D eigenvalue weighted by Crippen LogP contribution is -2.19. The van der Waals surface area contributed by atoms with Crippen molar-refractivity contribution >= 4 is 5.78 Å². The van der Waals surface area contributed by atoms with E-state index in [9.17, 15) is 4.79 Å². The van der Waals surface area contributed by atoms with E-state index in [1.165, 1.54) is 5.56 Å². The summed E-state index contributed by atoms with van der Waals surface area (Å²) in [6, 6.07) is 14.2. The number of carbonyl (C=O) groups is 1. The van der Waals surface area contributed by atoms with Crippen molar-refractivity contribution < 1.29 is 4.79 Å². The lowest BCUT2D eigenvalue weighted by atomic mass is 9.84. The van der Waals surface area contributed by atoms with Crippen molar-refractivity contribution in [2.45, 2.75) is 38.0 Å². The van der Waals surface area contributed by atoms with Crippen LogP contribution < -0.4 is 0 Å². The number of ketones is 1. The minimum atomic E-state index is -0.0173. The minimum Gasteiger partial charge on any atom is -0.298 e. The van der Waals surface area contributed by atoms with Gasteiger partial charge < -0.3 is 0 Å². The SMILES string of the molecule is CCC(C(=O)C1CCc2cccnc21)c1ccccc1. The lowest BCUT2D eigenvalue weighted by Gasteiger charge is -2.18. The highest BCUT2D eigenvalue weighted by molar-refractivity contribution is 5.92. The molecule has 20 heavy (non-hydrogen) atoms. The summed E-state index contributed by atoms with van der Waals surface area (Å²) in [6.07, 6.45) is 4.54. The predicted molar refractivity (Wildman–Crippen MR) is 79.8 cm³/mol. The minimum absolute atomic E-state index is 0.00541. The molecule has 3 rings (SSSR count). The van der Waals surface area contributed by atoms with E-state index in [0.717, 1.165) is 30.5 Å². The van der Waals surface area contributed by atoms with Gasteiger partial charge in [0, 0.05) is 12.1 Å². The van der Waals surface area contributed by atoms with Crippen LogP contribution in [-0.2, 0) is 11.2 Å². The standard InChI is InChI=1S/C18H19NO/c1-2-15(13-7-4-3-5-8-13)18(20)16-11-10-14-9-6-12-19-17(14)16/h3-9,12,15-16H,2,10-11H2,1H3. The van der Waals surface area contributed by atoms with Gasteiger partial charge in [0.1, 0.15) is 5.78 Å². The van der Waals surface area contributed by atoms with Crippen molar-refractivity contribution in [3.05, 3.63) is 65.5 Å². The fourth-order valence-corrected chi connectivity index (χ4v) is 3.22. The second kappa shape index (κ2) is 5.58. The molecule has 0 saturated heterocycles. The van der Waals surface area contributed by atoms with Crippen LogP contribution in [0.15, 0.2) is 48.7 Å². The zero-order chi connectivity index (χ0) is 13.9. The number of fused-ring (bicyclic) bond motifs is 1. The van der Waals surface area contributed by atoms with Crippen LogP contribution in [0, 0.1) is 0 Å². The molecule has 1 aliphatic rings. The van der Waals surface area contributed by atoms with Gasteiger partial charge in [-0.25, -0.2) is 0 Å². The van der Waals surface area contributed by atoms with E-state index in [1.807, 2.05) is 24.3 Å². The second-order valence-electron chi connectivity index (χ2n) is 5.41. The van der Waals surface area contributed by atoms with Gasteiger partial charge in [0.25, 0.3) is 0 Å². The molecule has 2 unspecified atom stereocenters. The van der Waals surface area contributed by atoms with Gasteiger partial charge in [-0.15, -0.1) is 0 Å². The molecule has 1 aromatic carbocycles. The van der Waals surface area contributed by atoms with E-state index in [1.54, 1.807) is 6.20 Å². The Hall–Kier alpha value is -1.96. The molecule has 1 aliphatic carbocycles. The van der Waals surface area contributed by atoms with Gasteiger partial charge in [-0.3, -0.25) is 9.78 Å². The quantitative estimate of drug-likeness (QED) is 0.840. The molecular formula is C18H19NO. The maximum absolute atomic E-state index is 12.9. The molecule has 0 N–H and O–H groups in total. The van der Waals surface area contributed by atoms with E-state index in [2.05, 4.69) is 30.1 Å². The van der Waals surface area contributed by atoms with Crippen molar-refractivity contribution in [3.63, 3.8) is 0 Å². The van der Waals surface area contributed by atoms with Gasteiger partial charge in [-0.05, 0) is 36.5 Å². The molecule has 2 nitrogen and oxygen atoms in total. The number of rotatable bonds is 4. The fourth-order valence-electron chi connectivity index (χ4n) is 3.22. The molecule has 0 spiro atoms. The van der Waals surface area contributed by atoms with Crippen LogP contribution in [0.3, 0.4) is 0 Å². The Kier molecular flexibility index (Phi) is 3.64. The monoisotopic (exact) mass is 265 g/mol. The molecule has 0 bridgehead atoms. The van der Waals surface area contributed by atoms with Gasteiger partial charge in [0.2, 0.25) is 0 Å². The summed E-state index contributed by atoms with van der Waals surface area (Å²) in [5.74, 6) is 0.307. The lowest BCUT2D eigenvalue weighted by molar-refractivity contribution is -0.122. The molecule has 1 heterocycles. The van der Waals surface area contributed by atoms with E-state index in [0.29, 0.717) is 5.78 Å². The first kappa shape index (κ1) is 13.0. The number of carbonyl (C=O) groups excluding carboxylic acids is 1. The van der Waals surface area contributed by atoms with E-state index in [4.69, 9.17) is 0 Å². The van der Waals surface area contributed by atoms with Gasteiger partial charge in [0.15, 0.2) is 0 Å². The molecule has 0 aliphatic heterocycles. The summed E-state index contributed by atoms with van der Waals surface area (Å²) in [7, 11) is 0. The fraction of sp³-hybridized carbons (Fsp3) is 0.333. The number of aromatic nitrogens is 1. The number of aryl methyl sites for hydroxylation is 1. The smallest absolute Gasteiger partial charge is 0.149 e. The van der Waals surface area contributed by atoms with Gasteiger partial charge >= 0.3 is 0 Å². The number of pyridine rings is 1. The summed E-state index contributed by atoms with van der Waals surface area (Å²) >= 11 is 0. The van der Waals surface area contributed by atoms with Crippen LogP contribution >= 0.6 is 0 Å². The molecule has 0 amide bonds. The summed E-state index contributed by atoms with van der Waals surface area (Å²) < 4.78 is 0. The van der Waals surface area contributed by atoms with Crippen LogP contribution in [0.4, 0.5) is 0 Å². The largest absolute Gasteiger partial charge is 0.298 e. The molecule has 2 aromatic rings. The molecule has 102 valence electrons. The van der Waals surface area contributed by atoms with Crippen molar-refractivity contribution in [2.24, 2.45) is 0 Å². The third-order valence-corrected chi connectivity index (χ3v) is 4.26. The summed E-state index contributed by atoms with van der Waals surface area (Å²) in [5.41, 5.74) is 3.38. The Labute approximate surface area is 119 Å². The second-order valence-corrected chi connectivity index (χ2v) is 5.41. The molecule has 0 radical (unpaired) electrons. The van der Waals surface area contributed by atoms with Gasteiger partial charge in [0.05, 0.1) is 11.6 Å². The topological polar surface area (TPSA) is 30.0 Å². The van der Waals surface area contributed by atoms with Crippen molar-refractivity contribution in [1.29, 1.82) is 0 Å². The third-order valence-electron chi connectivity index (χ3n) is 4.26. The van der Waals surface area contributed by atoms with E-state index in [-0.39, 0.29) is 11.8 Å². The zero-order valence-electron chi connectivity index (χ0n) is 11.8. The van der Waals surface area contributed by atoms with Crippen molar-refractivity contribution in [1.82, 2.24) is 4.98 Å². The Morgan fingerprint density at radius 1 is 1.25 bits per heavy atom. The average Bonchev–Trinajstić information content (AvgIpc) is 2.93. The Morgan fingerprint density at radius 2 is 2.05 bits per heavy atom. The first-order valence-corrected chi connectivity index (χ1v) is 7.33. The first-order chi connectivity index (χ1) is 9.81. The Balaban J connectivity index is 1.89. The molecule has 1 aromatic heterocycles. The summed E-state index contributed by atoms with van der Waals surface area (Å²) in [5, 5.41) is 0.